The molecule has 0 saturated carbocycles. The summed E-state index contributed by atoms with van der Waals surface area (Å²) in [6.45, 7) is 13.1. The van der Waals surface area contributed by atoms with E-state index in [9.17, 15) is 0 Å². The number of hydrogen-bond donors (Lipinski definition) is 1. The van der Waals surface area contributed by atoms with E-state index >= 15 is 0 Å². The van der Waals surface area contributed by atoms with Crippen LogP contribution in [0.4, 0.5) is 0 Å². The van der Waals surface area contributed by atoms with Crippen molar-refractivity contribution in [2.45, 2.75) is 53.0 Å². The molecule has 0 spiro atoms. The average Bonchev–Trinajstić information content (AvgIpc) is 2.71. The summed E-state index contributed by atoms with van der Waals surface area (Å²) in [6, 6.07) is 0.464. The van der Waals surface area contributed by atoms with Crippen LogP contribution in [0.3, 0.4) is 0 Å². The van der Waals surface area contributed by atoms with Crippen molar-refractivity contribution in [3.05, 3.63) is 16.4 Å². The fourth-order valence-corrected chi connectivity index (χ4v) is 2.91. The van der Waals surface area contributed by atoms with Crippen molar-refractivity contribution in [3.8, 4) is 0 Å². The van der Waals surface area contributed by atoms with Crippen molar-refractivity contribution in [2.75, 3.05) is 26.2 Å². The molecule has 1 rings (SSSR count). The molecule has 1 heterocycles. The van der Waals surface area contributed by atoms with Crippen LogP contribution in [-0.2, 0) is 13.5 Å². The standard InChI is InChI=1S/C16H31ClN4/c1-6-10-18-14(9-11-21(7-2)8-3)12-15-13(4)19-20(5)16(15)17/h14,18H,6-12H2,1-5H3. The molecule has 0 fully saturated rings. The molecule has 0 aliphatic heterocycles. The Morgan fingerprint density at radius 1 is 1.29 bits per heavy atom. The van der Waals surface area contributed by atoms with E-state index in [0.717, 1.165) is 56.3 Å². The first-order valence-corrected chi connectivity index (χ1v) is 8.54. The molecular formula is C16H31ClN4. The van der Waals surface area contributed by atoms with Crippen molar-refractivity contribution >= 4 is 11.6 Å². The van der Waals surface area contributed by atoms with E-state index in [1.54, 1.807) is 4.68 Å². The van der Waals surface area contributed by atoms with Gasteiger partial charge in [-0.25, -0.2) is 0 Å². The zero-order chi connectivity index (χ0) is 15.8. The fraction of sp³-hybridized carbons (Fsp3) is 0.812. The molecule has 0 aliphatic carbocycles. The number of rotatable bonds is 10. The molecule has 1 atom stereocenters. The Morgan fingerprint density at radius 2 is 1.95 bits per heavy atom. The van der Waals surface area contributed by atoms with E-state index in [0.29, 0.717) is 6.04 Å². The lowest BCUT2D eigenvalue weighted by atomic mass is 10.0. The molecule has 0 saturated heterocycles. The predicted molar refractivity (Wildman–Crippen MR) is 91.1 cm³/mol. The third-order valence-electron chi connectivity index (χ3n) is 4.09. The van der Waals surface area contributed by atoms with Gasteiger partial charge in [-0.1, -0.05) is 32.4 Å². The highest BCUT2D eigenvalue weighted by atomic mass is 35.5. The first kappa shape index (κ1) is 18.5. The average molecular weight is 315 g/mol. The van der Waals surface area contributed by atoms with Crippen LogP contribution in [0.15, 0.2) is 0 Å². The number of nitrogens with zero attached hydrogens (tertiary/aromatic N) is 3. The van der Waals surface area contributed by atoms with Crippen LogP contribution in [0.2, 0.25) is 5.15 Å². The first-order chi connectivity index (χ1) is 10.0. The number of aryl methyl sites for hydroxylation is 2. The van der Waals surface area contributed by atoms with Gasteiger partial charge in [0.25, 0.3) is 0 Å². The Labute approximate surface area is 134 Å². The lowest BCUT2D eigenvalue weighted by molar-refractivity contribution is 0.280. The van der Waals surface area contributed by atoms with Crippen molar-refractivity contribution in [2.24, 2.45) is 7.05 Å². The third kappa shape index (κ3) is 5.61. The SMILES string of the molecule is CCCNC(CCN(CC)CC)Cc1c(C)nn(C)c1Cl. The molecule has 0 aliphatic rings. The molecule has 0 bridgehead atoms. The van der Waals surface area contributed by atoms with E-state index in [4.69, 9.17) is 11.6 Å². The largest absolute Gasteiger partial charge is 0.314 e. The van der Waals surface area contributed by atoms with Gasteiger partial charge in [0.05, 0.1) is 5.69 Å². The van der Waals surface area contributed by atoms with Gasteiger partial charge in [0.1, 0.15) is 5.15 Å². The molecule has 0 radical (unpaired) electrons. The van der Waals surface area contributed by atoms with Gasteiger partial charge in [-0.3, -0.25) is 4.68 Å². The Bertz CT molecular complexity index is 413. The summed E-state index contributed by atoms with van der Waals surface area (Å²) < 4.78 is 1.77. The van der Waals surface area contributed by atoms with Gasteiger partial charge in [-0.05, 0) is 52.4 Å². The Morgan fingerprint density at radius 3 is 2.43 bits per heavy atom. The molecule has 1 N–H and O–H groups in total. The van der Waals surface area contributed by atoms with Crippen molar-refractivity contribution < 1.29 is 0 Å². The minimum atomic E-state index is 0.464. The Kier molecular flexibility index (Phi) is 8.30. The summed E-state index contributed by atoms with van der Waals surface area (Å²) in [5.41, 5.74) is 2.24. The van der Waals surface area contributed by atoms with Crippen LogP contribution in [0, 0.1) is 6.92 Å². The molecule has 1 aromatic heterocycles. The van der Waals surface area contributed by atoms with Crippen molar-refractivity contribution in [1.82, 2.24) is 20.0 Å². The second kappa shape index (κ2) is 9.44. The highest BCUT2D eigenvalue weighted by molar-refractivity contribution is 6.30. The minimum Gasteiger partial charge on any atom is -0.314 e. The van der Waals surface area contributed by atoms with E-state index < -0.39 is 0 Å². The fourth-order valence-electron chi connectivity index (χ4n) is 2.66. The van der Waals surface area contributed by atoms with E-state index in [-0.39, 0.29) is 0 Å². The van der Waals surface area contributed by atoms with Gasteiger partial charge >= 0.3 is 0 Å². The smallest absolute Gasteiger partial charge is 0.130 e. The quantitative estimate of drug-likeness (QED) is 0.720. The number of halogens is 1. The summed E-state index contributed by atoms with van der Waals surface area (Å²) in [5.74, 6) is 0. The zero-order valence-corrected chi connectivity index (χ0v) is 15.0. The summed E-state index contributed by atoms with van der Waals surface area (Å²) in [6.07, 6.45) is 3.26. The van der Waals surface area contributed by atoms with Gasteiger partial charge in [0, 0.05) is 18.7 Å². The van der Waals surface area contributed by atoms with Crippen LogP contribution in [0.1, 0.15) is 44.9 Å². The predicted octanol–water partition coefficient (Wildman–Crippen LogP) is 3.02. The van der Waals surface area contributed by atoms with Crippen LogP contribution < -0.4 is 5.32 Å². The maximum atomic E-state index is 6.37. The monoisotopic (exact) mass is 314 g/mol. The highest BCUT2D eigenvalue weighted by Crippen LogP contribution is 2.21. The zero-order valence-electron chi connectivity index (χ0n) is 14.2. The molecule has 1 unspecified atom stereocenters. The normalized spacial score (nSPS) is 13.1. The van der Waals surface area contributed by atoms with Gasteiger partial charge < -0.3 is 10.2 Å². The molecule has 122 valence electrons. The Balaban J connectivity index is 2.68. The second-order valence-corrected chi connectivity index (χ2v) is 6.01. The molecular weight excluding hydrogens is 284 g/mol. The molecule has 5 heteroatoms. The van der Waals surface area contributed by atoms with E-state index in [1.807, 2.05) is 14.0 Å². The van der Waals surface area contributed by atoms with Crippen molar-refractivity contribution in [3.63, 3.8) is 0 Å². The van der Waals surface area contributed by atoms with Crippen LogP contribution in [-0.4, -0.2) is 46.9 Å². The maximum absolute atomic E-state index is 6.37. The summed E-state index contributed by atoms with van der Waals surface area (Å²) in [7, 11) is 1.91. The van der Waals surface area contributed by atoms with Gasteiger partial charge in [-0.15, -0.1) is 0 Å². The summed E-state index contributed by atoms with van der Waals surface area (Å²) >= 11 is 6.37. The highest BCUT2D eigenvalue weighted by Gasteiger charge is 2.17. The Hall–Kier alpha value is -0.580. The third-order valence-corrected chi connectivity index (χ3v) is 4.56. The van der Waals surface area contributed by atoms with Gasteiger partial charge in [-0.2, -0.15) is 5.10 Å². The molecule has 0 amide bonds. The summed E-state index contributed by atoms with van der Waals surface area (Å²) in [4.78, 5) is 2.47. The number of nitrogens with one attached hydrogen (secondary N) is 1. The maximum Gasteiger partial charge on any atom is 0.130 e. The van der Waals surface area contributed by atoms with Crippen molar-refractivity contribution in [1.29, 1.82) is 0 Å². The van der Waals surface area contributed by atoms with Crippen LogP contribution in [0.25, 0.3) is 0 Å². The lowest BCUT2D eigenvalue weighted by Crippen LogP contribution is -2.36. The summed E-state index contributed by atoms with van der Waals surface area (Å²) in [5, 5.41) is 8.86. The molecule has 4 nitrogen and oxygen atoms in total. The minimum absolute atomic E-state index is 0.464. The first-order valence-electron chi connectivity index (χ1n) is 8.17. The van der Waals surface area contributed by atoms with E-state index in [1.165, 1.54) is 5.56 Å². The molecule has 0 aromatic carbocycles. The van der Waals surface area contributed by atoms with Gasteiger partial charge in [0.15, 0.2) is 0 Å². The van der Waals surface area contributed by atoms with Crippen LogP contribution in [0.5, 0.6) is 0 Å². The lowest BCUT2D eigenvalue weighted by Gasteiger charge is -2.23. The van der Waals surface area contributed by atoms with E-state index in [2.05, 4.69) is 36.1 Å². The van der Waals surface area contributed by atoms with Gasteiger partial charge in [0.2, 0.25) is 0 Å². The molecule has 1 aromatic rings. The number of aromatic nitrogens is 2. The second-order valence-electron chi connectivity index (χ2n) is 5.65. The van der Waals surface area contributed by atoms with Crippen LogP contribution >= 0.6 is 11.6 Å². The number of hydrogen-bond acceptors (Lipinski definition) is 3. The molecule has 21 heavy (non-hydrogen) atoms. The topological polar surface area (TPSA) is 33.1 Å².